The molecule has 8 nitrogen and oxygen atoms in total. The van der Waals surface area contributed by atoms with E-state index in [1.165, 1.54) is 4.90 Å². The number of β-amino-alcohol motifs (C(OH)–C–C–N with tert-alkyl or cyclic N) is 1. The summed E-state index contributed by atoms with van der Waals surface area (Å²) in [6.07, 6.45) is 5.85. The Kier molecular flexibility index (Phi) is 4.72. The third-order valence-corrected chi connectivity index (χ3v) is 5.49. The molecule has 2 aliphatic heterocycles. The average Bonchev–Trinajstić information content (AvgIpc) is 3.11. The highest BCUT2D eigenvalue weighted by Gasteiger charge is 2.42. The first-order chi connectivity index (χ1) is 13.5. The van der Waals surface area contributed by atoms with Gasteiger partial charge in [-0.05, 0) is 25.0 Å². The van der Waals surface area contributed by atoms with Gasteiger partial charge in [0, 0.05) is 12.1 Å². The lowest BCUT2D eigenvalue weighted by Crippen LogP contribution is -2.41. The van der Waals surface area contributed by atoms with E-state index in [1.807, 2.05) is 0 Å². The molecule has 0 aromatic heterocycles. The first-order valence-corrected chi connectivity index (χ1v) is 9.49. The largest absolute Gasteiger partial charge is 0.395 e. The van der Waals surface area contributed by atoms with Gasteiger partial charge in [0.1, 0.15) is 5.70 Å². The van der Waals surface area contributed by atoms with Crippen molar-refractivity contribution in [2.24, 2.45) is 0 Å². The second-order valence-corrected chi connectivity index (χ2v) is 7.20. The van der Waals surface area contributed by atoms with Crippen molar-refractivity contribution >= 4 is 29.3 Å². The van der Waals surface area contributed by atoms with Crippen LogP contribution in [0, 0.1) is 0 Å². The summed E-state index contributed by atoms with van der Waals surface area (Å²) in [5.74, 6) is -1.77. The van der Waals surface area contributed by atoms with Crippen molar-refractivity contribution in [2.45, 2.75) is 38.1 Å². The number of hydrogen-bond donors (Lipinski definition) is 2. The Morgan fingerprint density at radius 1 is 1.00 bits per heavy atom. The van der Waals surface area contributed by atoms with E-state index < -0.39 is 11.8 Å². The number of nitrogens with zero attached hydrogens (tertiary/aromatic N) is 2. The molecule has 3 aliphatic rings. The van der Waals surface area contributed by atoms with E-state index in [0.29, 0.717) is 11.3 Å². The summed E-state index contributed by atoms with van der Waals surface area (Å²) in [6.45, 7) is -0.429. The highest BCUT2D eigenvalue weighted by Crippen LogP contribution is 2.35. The number of amides is 4. The minimum Gasteiger partial charge on any atom is -0.395 e. The Bertz CT molecular complexity index is 901. The summed E-state index contributed by atoms with van der Waals surface area (Å²) < 4.78 is 0. The van der Waals surface area contributed by atoms with Crippen LogP contribution in [-0.2, 0) is 9.59 Å². The van der Waals surface area contributed by atoms with E-state index in [1.54, 1.807) is 18.2 Å². The zero-order valence-electron chi connectivity index (χ0n) is 15.3. The van der Waals surface area contributed by atoms with Gasteiger partial charge in [-0.1, -0.05) is 25.3 Å². The van der Waals surface area contributed by atoms with Crippen LogP contribution in [0.4, 0.5) is 5.69 Å². The third kappa shape index (κ3) is 2.90. The normalized spacial score (nSPS) is 20.1. The standard InChI is InChI=1S/C20H21N3O5/c24-10-9-22-16(25)11-15(19(22)27)21-14-8-4-7-13-17(14)20(28)23(18(13)26)12-5-2-1-3-6-12/h4,7-8,11-12,21,24H,1-3,5-6,9-10H2. The van der Waals surface area contributed by atoms with Crippen molar-refractivity contribution in [2.75, 3.05) is 18.5 Å². The molecule has 4 rings (SSSR count). The topological polar surface area (TPSA) is 107 Å². The molecule has 4 amide bonds. The third-order valence-electron chi connectivity index (χ3n) is 5.49. The number of benzene rings is 1. The quantitative estimate of drug-likeness (QED) is 0.742. The van der Waals surface area contributed by atoms with Crippen molar-refractivity contribution in [3.05, 3.63) is 41.1 Å². The molecule has 0 radical (unpaired) electrons. The number of anilines is 1. The number of nitrogens with one attached hydrogen (secondary N) is 1. The van der Waals surface area contributed by atoms with Crippen molar-refractivity contribution in [3.63, 3.8) is 0 Å². The zero-order valence-corrected chi connectivity index (χ0v) is 15.3. The van der Waals surface area contributed by atoms with Gasteiger partial charge >= 0.3 is 0 Å². The number of rotatable bonds is 5. The van der Waals surface area contributed by atoms with E-state index in [0.717, 1.165) is 43.1 Å². The number of carbonyl (C=O) groups excluding carboxylic acids is 4. The second kappa shape index (κ2) is 7.20. The van der Waals surface area contributed by atoms with Gasteiger partial charge in [-0.15, -0.1) is 0 Å². The molecule has 1 fully saturated rings. The van der Waals surface area contributed by atoms with Crippen LogP contribution in [0.1, 0.15) is 52.8 Å². The summed E-state index contributed by atoms with van der Waals surface area (Å²) in [7, 11) is 0. The Hall–Kier alpha value is -3.00. The fourth-order valence-corrected chi connectivity index (χ4v) is 4.13. The van der Waals surface area contributed by atoms with Gasteiger partial charge in [0.15, 0.2) is 0 Å². The summed E-state index contributed by atoms with van der Waals surface area (Å²) in [5.41, 5.74) is 0.889. The van der Waals surface area contributed by atoms with Gasteiger partial charge < -0.3 is 10.4 Å². The van der Waals surface area contributed by atoms with Gasteiger partial charge in [0.25, 0.3) is 23.6 Å². The van der Waals surface area contributed by atoms with Gasteiger partial charge in [-0.25, -0.2) is 0 Å². The van der Waals surface area contributed by atoms with E-state index in [2.05, 4.69) is 5.32 Å². The summed E-state index contributed by atoms with van der Waals surface area (Å²) in [5, 5.41) is 11.9. The monoisotopic (exact) mass is 383 g/mol. The Labute approximate surface area is 161 Å². The van der Waals surface area contributed by atoms with Gasteiger partial charge in [-0.2, -0.15) is 0 Å². The number of imide groups is 2. The van der Waals surface area contributed by atoms with Crippen LogP contribution in [0.2, 0.25) is 0 Å². The molecule has 28 heavy (non-hydrogen) atoms. The number of fused-ring (bicyclic) bond motifs is 1. The minimum atomic E-state index is -0.572. The van der Waals surface area contributed by atoms with Crippen molar-refractivity contribution < 1.29 is 24.3 Å². The molecule has 0 bridgehead atoms. The Morgan fingerprint density at radius 2 is 1.75 bits per heavy atom. The van der Waals surface area contributed by atoms with Gasteiger partial charge in [0.05, 0.1) is 30.0 Å². The fraction of sp³-hybridized carbons (Fsp3) is 0.400. The van der Waals surface area contributed by atoms with Crippen LogP contribution in [0.15, 0.2) is 30.0 Å². The van der Waals surface area contributed by atoms with Crippen LogP contribution in [-0.4, -0.2) is 57.7 Å². The maximum absolute atomic E-state index is 13.1. The lowest BCUT2D eigenvalue weighted by molar-refractivity contribution is -0.137. The minimum absolute atomic E-state index is 0.0169. The van der Waals surface area contributed by atoms with Crippen LogP contribution < -0.4 is 5.32 Å². The first-order valence-electron chi connectivity index (χ1n) is 9.49. The molecule has 0 unspecified atom stereocenters. The fourth-order valence-electron chi connectivity index (χ4n) is 4.13. The molecular formula is C20H21N3O5. The molecule has 2 heterocycles. The number of carbonyl (C=O) groups is 4. The highest BCUT2D eigenvalue weighted by molar-refractivity contribution is 6.25. The molecule has 0 spiro atoms. The number of aliphatic hydroxyl groups excluding tert-OH is 1. The van der Waals surface area contributed by atoms with Crippen molar-refractivity contribution in [1.82, 2.24) is 9.80 Å². The van der Waals surface area contributed by atoms with Crippen molar-refractivity contribution in [3.8, 4) is 0 Å². The summed E-state index contributed by atoms with van der Waals surface area (Å²) >= 11 is 0. The summed E-state index contributed by atoms with van der Waals surface area (Å²) in [6, 6.07) is 4.77. The van der Waals surface area contributed by atoms with Crippen LogP contribution >= 0.6 is 0 Å². The molecule has 0 atom stereocenters. The Balaban J connectivity index is 1.62. The van der Waals surface area contributed by atoms with Crippen LogP contribution in [0.25, 0.3) is 0 Å². The van der Waals surface area contributed by atoms with Crippen LogP contribution in [0.5, 0.6) is 0 Å². The van der Waals surface area contributed by atoms with E-state index >= 15 is 0 Å². The van der Waals surface area contributed by atoms with Gasteiger partial charge in [-0.3, -0.25) is 29.0 Å². The average molecular weight is 383 g/mol. The lowest BCUT2D eigenvalue weighted by atomic mass is 9.94. The van der Waals surface area contributed by atoms with E-state index in [9.17, 15) is 19.2 Å². The maximum Gasteiger partial charge on any atom is 0.277 e. The van der Waals surface area contributed by atoms with Crippen LogP contribution in [0.3, 0.4) is 0 Å². The zero-order chi connectivity index (χ0) is 19.8. The molecule has 1 aromatic carbocycles. The summed E-state index contributed by atoms with van der Waals surface area (Å²) in [4.78, 5) is 52.5. The maximum atomic E-state index is 13.1. The predicted molar refractivity (Wildman–Crippen MR) is 99.3 cm³/mol. The molecule has 8 heteroatoms. The second-order valence-electron chi connectivity index (χ2n) is 7.20. The highest BCUT2D eigenvalue weighted by atomic mass is 16.3. The van der Waals surface area contributed by atoms with Gasteiger partial charge in [0.2, 0.25) is 0 Å². The van der Waals surface area contributed by atoms with E-state index in [-0.39, 0.29) is 42.3 Å². The molecule has 1 aromatic rings. The number of aliphatic hydroxyl groups is 1. The molecule has 146 valence electrons. The molecule has 1 saturated carbocycles. The first kappa shape index (κ1) is 18.4. The molecule has 2 N–H and O–H groups in total. The molecule has 1 aliphatic carbocycles. The van der Waals surface area contributed by atoms with E-state index in [4.69, 9.17) is 5.11 Å². The molecular weight excluding hydrogens is 362 g/mol. The SMILES string of the molecule is O=C1C=C(Nc2cccc3c2C(=O)N(C2CCCCC2)C3=O)C(=O)N1CCO. The Morgan fingerprint density at radius 3 is 2.46 bits per heavy atom. The van der Waals surface area contributed by atoms with Crippen molar-refractivity contribution in [1.29, 1.82) is 0 Å². The predicted octanol–water partition coefficient (Wildman–Crippen LogP) is 1.27. The number of hydrogen-bond acceptors (Lipinski definition) is 6. The molecule has 0 saturated heterocycles. The smallest absolute Gasteiger partial charge is 0.277 e. The lowest BCUT2D eigenvalue weighted by Gasteiger charge is -2.29.